The molecule has 0 heterocycles. The Labute approximate surface area is 67.8 Å². The minimum Gasteiger partial charge on any atom is -0.392 e. The van der Waals surface area contributed by atoms with Crippen LogP contribution in [0, 0.1) is 28.6 Å². The van der Waals surface area contributed by atoms with Crippen molar-refractivity contribution < 1.29 is 5.11 Å². The molecule has 1 N–H and O–H groups in total. The molecular weight excluding hydrogens is 136 g/mol. The summed E-state index contributed by atoms with van der Waals surface area (Å²) in [4.78, 5) is 0. The zero-order valence-electron chi connectivity index (χ0n) is 7.46. The van der Waals surface area contributed by atoms with Crippen molar-refractivity contribution in [3.8, 4) is 0 Å². The van der Waals surface area contributed by atoms with Crippen LogP contribution < -0.4 is 0 Å². The third-order valence-electron chi connectivity index (χ3n) is 5.39. The first kappa shape index (κ1) is 6.47. The summed E-state index contributed by atoms with van der Waals surface area (Å²) in [5.74, 6) is 2.16. The predicted octanol–water partition coefficient (Wildman–Crippen LogP) is 1.66. The zero-order valence-corrected chi connectivity index (χ0v) is 7.46. The van der Waals surface area contributed by atoms with Crippen molar-refractivity contribution in [2.45, 2.75) is 33.3 Å². The Hall–Kier alpha value is -0.0400. The topological polar surface area (TPSA) is 20.2 Å². The summed E-state index contributed by atoms with van der Waals surface area (Å²) < 4.78 is 0. The molecule has 4 aliphatic carbocycles. The molecule has 4 fully saturated rings. The van der Waals surface area contributed by atoms with E-state index in [2.05, 4.69) is 20.8 Å². The van der Waals surface area contributed by atoms with Crippen molar-refractivity contribution in [3.05, 3.63) is 0 Å². The first-order chi connectivity index (χ1) is 5.01. The average molecular weight is 152 g/mol. The Morgan fingerprint density at radius 2 is 1.82 bits per heavy atom. The fraction of sp³-hybridized carbons (Fsp3) is 1.00. The fourth-order valence-electron chi connectivity index (χ4n) is 4.31. The molecule has 0 saturated heterocycles. The molecule has 11 heavy (non-hydrogen) atoms. The van der Waals surface area contributed by atoms with E-state index in [1.165, 1.54) is 6.42 Å². The minimum absolute atomic E-state index is 0.0417. The van der Waals surface area contributed by atoms with Gasteiger partial charge in [-0.15, -0.1) is 0 Å². The number of hydrogen-bond acceptors (Lipinski definition) is 1. The van der Waals surface area contributed by atoms with E-state index in [0.717, 1.165) is 5.92 Å². The van der Waals surface area contributed by atoms with Crippen LogP contribution in [0.1, 0.15) is 27.2 Å². The third-order valence-corrected chi connectivity index (χ3v) is 5.39. The van der Waals surface area contributed by atoms with Gasteiger partial charge in [0, 0.05) is 0 Å². The quantitative estimate of drug-likeness (QED) is 0.559. The summed E-state index contributed by atoms with van der Waals surface area (Å²) in [6.45, 7) is 7.06. The van der Waals surface area contributed by atoms with Crippen LogP contribution in [-0.4, -0.2) is 11.2 Å². The van der Waals surface area contributed by atoms with Gasteiger partial charge in [0.05, 0.1) is 6.10 Å². The van der Waals surface area contributed by atoms with Crippen LogP contribution in [-0.2, 0) is 0 Å². The van der Waals surface area contributed by atoms with Gasteiger partial charge in [-0.2, -0.15) is 0 Å². The molecule has 1 heteroatoms. The van der Waals surface area contributed by atoms with E-state index in [0.29, 0.717) is 22.7 Å². The molecule has 0 aromatic carbocycles. The third kappa shape index (κ3) is 0.376. The lowest BCUT2D eigenvalue weighted by Gasteiger charge is -2.29. The Morgan fingerprint density at radius 3 is 1.91 bits per heavy atom. The van der Waals surface area contributed by atoms with Crippen LogP contribution >= 0.6 is 0 Å². The molecule has 0 amide bonds. The van der Waals surface area contributed by atoms with E-state index in [1.54, 1.807) is 0 Å². The van der Waals surface area contributed by atoms with E-state index in [-0.39, 0.29) is 6.10 Å². The smallest absolute Gasteiger partial charge is 0.0610 e. The second-order valence-corrected chi connectivity index (χ2v) is 5.47. The lowest BCUT2D eigenvalue weighted by molar-refractivity contribution is 0.0951. The maximum absolute atomic E-state index is 9.85. The molecule has 0 aliphatic heterocycles. The second kappa shape index (κ2) is 1.28. The van der Waals surface area contributed by atoms with Crippen LogP contribution in [0.5, 0.6) is 0 Å². The van der Waals surface area contributed by atoms with Crippen molar-refractivity contribution in [1.29, 1.82) is 0 Å². The number of hydrogen-bond donors (Lipinski definition) is 1. The molecule has 4 bridgehead atoms. The van der Waals surface area contributed by atoms with Crippen LogP contribution in [0.3, 0.4) is 0 Å². The lowest BCUT2D eigenvalue weighted by atomic mass is 9.76. The number of rotatable bonds is 0. The summed E-state index contributed by atoms with van der Waals surface area (Å²) in [7, 11) is 0. The SMILES string of the molecule is CC1(C)[C@H]2C[C@H]3[C@@H]([C@@H]2O)[C@@]31C. The van der Waals surface area contributed by atoms with Gasteiger partial charge >= 0.3 is 0 Å². The van der Waals surface area contributed by atoms with E-state index in [4.69, 9.17) is 0 Å². The van der Waals surface area contributed by atoms with Gasteiger partial charge in [-0.3, -0.25) is 0 Å². The number of aliphatic hydroxyl groups is 1. The molecule has 0 aromatic heterocycles. The van der Waals surface area contributed by atoms with Gasteiger partial charge in [0.25, 0.3) is 0 Å². The molecule has 4 saturated carbocycles. The van der Waals surface area contributed by atoms with Crippen molar-refractivity contribution in [3.63, 3.8) is 0 Å². The van der Waals surface area contributed by atoms with E-state index in [9.17, 15) is 5.11 Å². The zero-order chi connectivity index (χ0) is 8.02. The van der Waals surface area contributed by atoms with Gasteiger partial charge in [-0.1, -0.05) is 20.8 Å². The highest BCUT2D eigenvalue weighted by atomic mass is 16.3. The van der Waals surface area contributed by atoms with E-state index in [1.807, 2.05) is 0 Å². The van der Waals surface area contributed by atoms with E-state index >= 15 is 0 Å². The molecule has 0 aromatic rings. The number of aliphatic hydroxyl groups excluding tert-OH is 1. The first-order valence-electron chi connectivity index (χ1n) is 4.69. The predicted molar refractivity (Wildman–Crippen MR) is 43.0 cm³/mol. The summed E-state index contributed by atoms with van der Waals surface area (Å²) in [5.41, 5.74) is 0.929. The maximum atomic E-state index is 9.85. The van der Waals surface area contributed by atoms with Crippen molar-refractivity contribution >= 4 is 0 Å². The van der Waals surface area contributed by atoms with E-state index < -0.39 is 0 Å². The Bertz CT molecular complexity index is 228. The van der Waals surface area contributed by atoms with Gasteiger partial charge in [0.2, 0.25) is 0 Å². The highest BCUT2D eigenvalue weighted by Gasteiger charge is 2.83. The summed E-state index contributed by atoms with van der Waals surface area (Å²) >= 11 is 0. The van der Waals surface area contributed by atoms with Gasteiger partial charge in [0.15, 0.2) is 0 Å². The van der Waals surface area contributed by atoms with Gasteiger partial charge in [0.1, 0.15) is 0 Å². The highest BCUT2D eigenvalue weighted by Crippen LogP contribution is 2.85. The van der Waals surface area contributed by atoms with Crippen molar-refractivity contribution in [2.75, 3.05) is 0 Å². The molecular formula is C10H16O. The van der Waals surface area contributed by atoms with Crippen LogP contribution in [0.25, 0.3) is 0 Å². The Balaban J connectivity index is 2.16. The molecule has 1 nitrogen and oxygen atoms in total. The molecule has 0 unspecified atom stereocenters. The van der Waals surface area contributed by atoms with Gasteiger partial charge < -0.3 is 5.11 Å². The van der Waals surface area contributed by atoms with Crippen molar-refractivity contribution in [1.82, 2.24) is 0 Å². The average Bonchev–Trinajstić information content (AvgIpc) is 2.14. The molecule has 5 atom stereocenters. The maximum Gasteiger partial charge on any atom is 0.0610 e. The molecule has 4 aliphatic rings. The highest BCUT2D eigenvalue weighted by molar-refractivity contribution is 5.31. The Kier molecular flexibility index (Phi) is 0.755. The van der Waals surface area contributed by atoms with Gasteiger partial charge in [-0.05, 0) is 35.0 Å². The molecule has 62 valence electrons. The van der Waals surface area contributed by atoms with Crippen molar-refractivity contribution in [2.24, 2.45) is 28.6 Å². The molecule has 4 rings (SSSR count). The first-order valence-corrected chi connectivity index (χ1v) is 4.69. The Morgan fingerprint density at radius 1 is 1.18 bits per heavy atom. The lowest BCUT2D eigenvalue weighted by Crippen LogP contribution is -2.25. The van der Waals surface area contributed by atoms with Crippen LogP contribution in [0.15, 0.2) is 0 Å². The summed E-state index contributed by atoms with van der Waals surface area (Å²) in [6, 6.07) is 0. The monoisotopic (exact) mass is 152 g/mol. The minimum atomic E-state index is 0.0417. The normalized spacial score (nSPS) is 68.7. The largest absolute Gasteiger partial charge is 0.392 e. The second-order valence-electron chi connectivity index (χ2n) is 5.47. The molecule has 0 radical (unpaired) electrons. The fourth-order valence-corrected chi connectivity index (χ4v) is 4.31. The molecule has 0 spiro atoms. The summed E-state index contributed by atoms with van der Waals surface area (Å²) in [5, 5.41) is 9.85. The summed E-state index contributed by atoms with van der Waals surface area (Å²) in [6.07, 6.45) is 1.34. The standard InChI is InChI=1S/C10H16O/c1-9(2)6-4-5-7(8(6)11)10(5,9)3/h5-8,11H,4H2,1-3H3/t5-,6-,7-,8+,10+/m0/s1. The van der Waals surface area contributed by atoms with Crippen LogP contribution in [0.2, 0.25) is 0 Å². The van der Waals surface area contributed by atoms with Crippen LogP contribution in [0.4, 0.5) is 0 Å². The van der Waals surface area contributed by atoms with Gasteiger partial charge in [-0.25, -0.2) is 0 Å².